The SMILES string of the molecule is Cc1c(Cl)cccc1C(CN)CN1CCN(C)CC1. The lowest BCUT2D eigenvalue weighted by atomic mass is 9.94. The zero-order valence-corrected chi connectivity index (χ0v) is 12.7. The summed E-state index contributed by atoms with van der Waals surface area (Å²) < 4.78 is 0. The Balaban J connectivity index is 2.05. The molecule has 1 atom stereocenters. The van der Waals surface area contributed by atoms with E-state index in [9.17, 15) is 0 Å². The minimum absolute atomic E-state index is 0.377. The first kappa shape index (κ1) is 14.8. The first-order valence-electron chi connectivity index (χ1n) is 6.97. The summed E-state index contributed by atoms with van der Waals surface area (Å²) in [6, 6.07) is 6.13. The summed E-state index contributed by atoms with van der Waals surface area (Å²) >= 11 is 6.22. The van der Waals surface area contributed by atoms with Gasteiger partial charge in [-0.3, -0.25) is 0 Å². The van der Waals surface area contributed by atoms with Crippen LogP contribution in [-0.2, 0) is 0 Å². The van der Waals surface area contributed by atoms with Crippen LogP contribution in [0.4, 0.5) is 0 Å². The van der Waals surface area contributed by atoms with Crippen LogP contribution in [0.15, 0.2) is 18.2 Å². The van der Waals surface area contributed by atoms with Crippen molar-refractivity contribution in [3.05, 3.63) is 34.3 Å². The zero-order valence-electron chi connectivity index (χ0n) is 11.9. The minimum atomic E-state index is 0.377. The highest BCUT2D eigenvalue weighted by molar-refractivity contribution is 6.31. The van der Waals surface area contributed by atoms with E-state index in [0.717, 1.165) is 37.7 Å². The Hall–Kier alpha value is -0.610. The summed E-state index contributed by atoms with van der Waals surface area (Å²) in [7, 11) is 2.18. The van der Waals surface area contributed by atoms with Crippen LogP contribution in [0.25, 0.3) is 0 Å². The van der Waals surface area contributed by atoms with Gasteiger partial charge in [0, 0.05) is 50.2 Å². The van der Waals surface area contributed by atoms with Crippen molar-refractivity contribution >= 4 is 11.6 Å². The smallest absolute Gasteiger partial charge is 0.0438 e. The third kappa shape index (κ3) is 3.69. The Labute approximate surface area is 121 Å². The molecular weight excluding hydrogens is 258 g/mol. The summed E-state index contributed by atoms with van der Waals surface area (Å²) in [6.07, 6.45) is 0. The van der Waals surface area contributed by atoms with Gasteiger partial charge >= 0.3 is 0 Å². The molecule has 0 aromatic heterocycles. The lowest BCUT2D eigenvalue weighted by molar-refractivity contribution is 0.147. The number of piperazine rings is 1. The average molecular weight is 282 g/mol. The molecule has 0 bridgehead atoms. The maximum absolute atomic E-state index is 6.22. The van der Waals surface area contributed by atoms with E-state index in [-0.39, 0.29) is 0 Å². The molecule has 0 aliphatic carbocycles. The predicted octanol–water partition coefficient (Wildman–Crippen LogP) is 1.94. The number of nitrogens with two attached hydrogens (primary N) is 1. The zero-order chi connectivity index (χ0) is 13.8. The van der Waals surface area contributed by atoms with Crippen molar-refractivity contribution in [2.45, 2.75) is 12.8 Å². The molecule has 0 amide bonds. The summed E-state index contributed by atoms with van der Waals surface area (Å²) in [6.45, 7) is 8.35. The third-order valence-corrected chi connectivity index (χ3v) is 4.52. The molecule has 19 heavy (non-hydrogen) atoms. The Morgan fingerprint density at radius 2 is 1.95 bits per heavy atom. The van der Waals surface area contributed by atoms with Crippen LogP contribution >= 0.6 is 11.6 Å². The van der Waals surface area contributed by atoms with Gasteiger partial charge in [0.15, 0.2) is 0 Å². The van der Waals surface area contributed by atoms with Gasteiger partial charge in [-0.25, -0.2) is 0 Å². The highest BCUT2D eigenvalue weighted by Crippen LogP contribution is 2.26. The molecule has 1 saturated heterocycles. The number of benzene rings is 1. The second-order valence-corrected chi connectivity index (χ2v) is 5.90. The molecule has 2 rings (SSSR count). The molecule has 0 saturated carbocycles. The van der Waals surface area contributed by atoms with Crippen LogP contribution in [0.1, 0.15) is 17.0 Å². The van der Waals surface area contributed by atoms with Gasteiger partial charge in [-0.2, -0.15) is 0 Å². The van der Waals surface area contributed by atoms with Crippen molar-refractivity contribution in [2.24, 2.45) is 5.73 Å². The molecule has 0 spiro atoms. The Bertz CT molecular complexity index is 414. The Morgan fingerprint density at radius 3 is 2.58 bits per heavy atom. The van der Waals surface area contributed by atoms with Gasteiger partial charge in [-0.15, -0.1) is 0 Å². The molecule has 2 N–H and O–H groups in total. The number of halogens is 1. The standard InChI is InChI=1S/C15H24ClN3/c1-12-14(4-3-5-15(12)16)13(10-17)11-19-8-6-18(2)7-9-19/h3-5,13H,6-11,17H2,1-2H3. The van der Waals surface area contributed by atoms with Crippen molar-refractivity contribution in [1.82, 2.24) is 9.80 Å². The topological polar surface area (TPSA) is 32.5 Å². The fourth-order valence-corrected chi connectivity index (χ4v) is 2.89. The van der Waals surface area contributed by atoms with Crippen LogP contribution in [0.5, 0.6) is 0 Å². The highest BCUT2D eigenvalue weighted by Gasteiger charge is 2.20. The molecule has 1 aromatic carbocycles. The number of nitrogens with zero attached hydrogens (tertiary/aromatic N) is 2. The van der Waals surface area contributed by atoms with Crippen molar-refractivity contribution in [2.75, 3.05) is 46.3 Å². The fourth-order valence-electron chi connectivity index (χ4n) is 2.71. The predicted molar refractivity (Wildman–Crippen MR) is 81.9 cm³/mol. The molecular formula is C15H24ClN3. The number of hydrogen-bond acceptors (Lipinski definition) is 3. The van der Waals surface area contributed by atoms with Crippen molar-refractivity contribution in [3.8, 4) is 0 Å². The van der Waals surface area contributed by atoms with Gasteiger partial charge < -0.3 is 15.5 Å². The van der Waals surface area contributed by atoms with E-state index in [4.69, 9.17) is 17.3 Å². The fraction of sp³-hybridized carbons (Fsp3) is 0.600. The van der Waals surface area contributed by atoms with Crippen LogP contribution < -0.4 is 5.73 Å². The molecule has 1 fully saturated rings. The first-order valence-corrected chi connectivity index (χ1v) is 7.35. The van der Waals surface area contributed by atoms with E-state index < -0.39 is 0 Å². The summed E-state index contributed by atoms with van der Waals surface area (Å²) in [5, 5.41) is 0.842. The van der Waals surface area contributed by atoms with Crippen LogP contribution in [0.3, 0.4) is 0 Å². The van der Waals surface area contributed by atoms with Crippen molar-refractivity contribution < 1.29 is 0 Å². The first-order chi connectivity index (χ1) is 9.11. The van der Waals surface area contributed by atoms with Gasteiger partial charge in [0.05, 0.1) is 0 Å². The summed E-state index contributed by atoms with van der Waals surface area (Å²) in [5.74, 6) is 0.377. The van der Waals surface area contributed by atoms with Gasteiger partial charge in [-0.1, -0.05) is 23.7 Å². The average Bonchev–Trinajstić information content (AvgIpc) is 2.42. The molecule has 1 aromatic rings. The van der Waals surface area contributed by atoms with E-state index in [2.05, 4.69) is 29.8 Å². The van der Waals surface area contributed by atoms with Crippen LogP contribution in [0.2, 0.25) is 5.02 Å². The monoisotopic (exact) mass is 281 g/mol. The van der Waals surface area contributed by atoms with E-state index in [1.165, 1.54) is 11.1 Å². The molecule has 106 valence electrons. The molecule has 0 radical (unpaired) electrons. The quantitative estimate of drug-likeness (QED) is 0.915. The van der Waals surface area contributed by atoms with E-state index >= 15 is 0 Å². The second-order valence-electron chi connectivity index (χ2n) is 5.49. The lowest BCUT2D eigenvalue weighted by Gasteiger charge is -2.34. The maximum atomic E-state index is 6.22. The van der Waals surface area contributed by atoms with Crippen LogP contribution in [0, 0.1) is 6.92 Å². The molecule has 1 aliphatic rings. The lowest BCUT2D eigenvalue weighted by Crippen LogP contribution is -2.46. The summed E-state index contributed by atoms with van der Waals surface area (Å²) in [4.78, 5) is 4.89. The molecule has 4 heteroatoms. The Kier molecular flexibility index (Phi) is 5.22. The molecule has 1 heterocycles. The molecule has 3 nitrogen and oxygen atoms in total. The van der Waals surface area contributed by atoms with E-state index in [0.29, 0.717) is 12.5 Å². The third-order valence-electron chi connectivity index (χ3n) is 4.11. The van der Waals surface area contributed by atoms with E-state index in [1.807, 2.05) is 12.1 Å². The van der Waals surface area contributed by atoms with E-state index in [1.54, 1.807) is 0 Å². The highest BCUT2D eigenvalue weighted by atomic mass is 35.5. The van der Waals surface area contributed by atoms with Gasteiger partial charge in [0.1, 0.15) is 0 Å². The van der Waals surface area contributed by atoms with Crippen molar-refractivity contribution in [1.29, 1.82) is 0 Å². The van der Waals surface area contributed by atoms with Crippen molar-refractivity contribution in [3.63, 3.8) is 0 Å². The molecule has 1 aliphatic heterocycles. The second kappa shape index (κ2) is 6.71. The largest absolute Gasteiger partial charge is 0.330 e. The molecule has 1 unspecified atom stereocenters. The number of rotatable bonds is 4. The van der Waals surface area contributed by atoms with Gasteiger partial charge in [0.25, 0.3) is 0 Å². The van der Waals surface area contributed by atoms with Gasteiger partial charge in [0.2, 0.25) is 0 Å². The number of hydrogen-bond donors (Lipinski definition) is 1. The van der Waals surface area contributed by atoms with Crippen LogP contribution in [-0.4, -0.2) is 56.1 Å². The minimum Gasteiger partial charge on any atom is -0.330 e. The van der Waals surface area contributed by atoms with Gasteiger partial charge in [-0.05, 0) is 31.2 Å². The normalized spacial score (nSPS) is 19.6. The Morgan fingerprint density at radius 1 is 1.26 bits per heavy atom. The summed E-state index contributed by atoms with van der Waals surface area (Å²) in [5.41, 5.74) is 8.46. The maximum Gasteiger partial charge on any atom is 0.0438 e. The number of likely N-dealkylation sites (N-methyl/N-ethyl adjacent to an activating group) is 1.